The highest BCUT2D eigenvalue weighted by Gasteiger charge is 2.51. The van der Waals surface area contributed by atoms with Crippen molar-refractivity contribution in [3.63, 3.8) is 0 Å². The lowest BCUT2D eigenvalue weighted by Gasteiger charge is -2.45. The monoisotopic (exact) mass is 822 g/mol. The van der Waals surface area contributed by atoms with E-state index in [0.29, 0.717) is 5.75 Å². The van der Waals surface area contributed by atoms with Crippen LogP contribution in [0.5, 0.6) is 23.0 Å². The maximum atomic E-state index is 14.7. The molecular weight excluding hydrogens is 772 g/mol. The van der Waals surface area contributed by atoms with Crippen LogP contribution in [0.15, 0.2) is 51.2 Å². The lowest BCUT2D eigenvalue weighted by atomic mass is 9.98. The quantitative estimate of drug-likeness (QED) is 0.103. The van der Waals surface area contributed by atoms with Crippen molar-refractivity contribution in [1.29, 1.82) is 0 Å². The fraction of sp³-hybridized carbons (Fsp3) is 0.564. The van der Waals surface area contributed by atoms with Gasteiger partial charge in [0.25, 0.3) is 0 Å². The van der Waals surface area contributed by atoms with Crippen LogP contribution in [0.4, 0.5) is 0 Å². The maximum absolute atomic E-state index is 14.7. The van der Waals surface area contributed by atoms with E-state index < -0.39 is 121 Å². The zero-order chi connectivity index (χ0) is 42.3. The normalized spacial score (nSPS) is 35.4. The van der Waals surface area contributed by atoms with Crippen LogP contribution in [0.2, 0.25) is 0 Å². The highest BCUT2D eigenvalue weighted by molar-refractivity contribution is 5.91. The predicted molar refractivity (Wildman–Crippen MR) is 198 cm³/mol. The molecule has 4 heterocycles. The average Bonchev–Trinajstić information content (AvgIpc) is 3.20. The number of rotatable bonds is 11. The van der Waals surface area contributed by atoms with Gasteiger partial charge >= 0.3 is 0 Å². The first-order valence-corrected chi connectivity index (χ1v) is 18.6. The van der Waals surface area contributed by atoms with Gasteiger partial charge in [-0.2, -0.15) is 0 Å². The van der Waals surface area contributed by atoms with Gasteiger partial charge in [-0.05, 0) is 58.4 Å². The molecular formula is C39H50O19. The van der Waals surface area contributed by atoms with E-state index in [1.165, 1.54) is 33.1 Å². The van der Waals surface area contributed by atoms with E-state index in [1.807, 2.05) is 13.8 Å². The first kappa shape index (κ1) is 43.6. The molecule has 0 amide bonds. The predicted octanol–water partition coefficient (Wildman–Crippen LogP) is -1.08. The molecule has 15 atom stereocenters. The lowest BCUT2D eigenvalue weighted by Crippen LogP contribution is -2.63. The Bertz CT molecular complexity index is 1980. The van der Waals surface area contributed by atoms with Crippen molar-refractivity contribution >= 4 is 11.0 Å². The van der Waals surface area contributed by atoms with Gasteiger partial charge < -0.3 is 88.6 Å². The van der Waals surface area contributed by atoms with Gasteiger partial charge in [0.2, 0.25) is 23.8 Å². The van der Waals surface area contributed by atoms with E-state index in [9.17, 15) is 55.9 Å². The van der Waals surface area contributed by atoms with Gasteiger partial charge in [-0.1, -0.05) is 11.6 Å². The van der Waals surface area contributed by atoms with Crippen LogP contribution in [-0.4, -0.2) is 157 Å². The molecule has 1 aromatic heterocycles. The van der Waals surface area contributed by atoms with Crippen LogP contribution < -0.4 is 19.6 Å². The third-order valence-corrected chi connectivity index (χ3v) is 10.4. The summed E-state index contributed by atoms with van der Waals surface area (Å²) < 4.78 is 46.9. The smallest absolute Gasteiger partial charge is 0.239 e. The number of aliphatic hydroxyl groups excluding tert-OH is 9. The number of methoxy groups -OCH3 is 1. The Kier molecular flexibility index (Phi) is 13.3. The van der Waals surface area contributed by atoms with Gasteiger partial charge in [0.1, 0.15) is 83.2 Å². The number of phenols is 1. The Balaban J connectivity index is 1.50. The zero-order valence-corrected chi connectivity index (χ0v) is 32.2. The fourth-order valence-electron chi connectivity index (χ4n) is 6.93. The van der Waals surface area contributed by atoms with Crippen molar-refractivity contribution < 1.29 is 88.6 Å². The van der Waals surface area contributed by atoms with E-state index in [2.05, 4.69) is 0 Å². The molecule has 3 saturated heterocycles. The van der Waals surface area contributed by atoms with Crippen LogP contribution in [-0.2, 0) is 25.4 Å². The van der Waals surface area contributed by atoms with Crippen molar-refractivity contribution in [2.24, 2.45) is 0 Å². The standard InChI is InChI=1S/C39H50O19/c1-14(2)6-11-19-21(54-38-32(50)29(47)26(44)22(13-40)55-38)12-20(41)23-27(45)35(33(56-34(19)23)17-7-9-18(51-5)10-8-17)57-39-36(30(48)25(43)16(4)53-39)58-37-31(49)28(46)24(42)15(3)52-37/h6-10,12,15-16,22,24-26,28-32,36-44,46-50H,11,13H2,1-5H3/t15-,16-,22+,24-,25-,26+,28+,29-,30+,31+,32+,36+,37-,38+,39-/m1/s1. The highest BCUT2D eigenvalue weighted by Crippen LogP contribution is 2.42. The number of ether oxygens (including phenoxy) is 7. The minimum Gasteiger partial charge on any atom is -0.507 e. The minimum atomic E-state index is -1.83. The number of allylic oxidation sites excluding steroid dienone is 2. The Morgan fingerprint density at radius 1 is 0.759 bits per heavy atom. The number of phenolic OH excluding ortho intramolecular Hbond substituents is 1. The molecule has 0 bridgehead atoms. The molecule has 10 N–H and O–H groups in total. The number of hydrogen-bond donors (Lipinski definition) is 10. The number of aromatic hydroxyl groups is 1. The summed E-state index contributed by atoms with van der Waals surface area (Å²) in [7, 11) is 1.45. The molecule has 19 heteroatoms. The average molecular weight is 823 g/mol. The van der Waals surface area contributed by atoms with Gasteiger partial charge in [0, 0.05) is 17.2 Å². The first-order chi connectivity index (χ1) is 27.5. The molecule has 58 heavy (non-hydrogen) atoms. The third kappa shape index (κ3) is 8.41. The van der Waals surface area contributed by atoms with Crippen molar-refractivity contribution in [2.45, 2.75) is 126 Å². The summed E-state index contributed by atoms with van der Waals surface area (Å²) in [5, 5.41) is 106. The summed E-state index contributed by atoms with van der Waals surface area (Å²) in [5.74, 6) is -1.22. The molecule has 320 valence electrons. The fourth-order valence-corrected chi connectivity index (χ4v) is 6.93. The van der Waals surface area contributed by atoms with E-state index in [1.54, 1.807) is 18.2 Å². The Labute approximate surface area is 331 Å². The molecule has 3 aromatic rings. The number of fused-ring (bicyclic) bond motifs is 1. The van der Waals surface area contributed by atoms with Crippen LogP contribution in [0.1, 0.15) is 33.3 Å². The molecule has 3 aliphatic heterocycles. The van der Waals surface area contributed by atoms with Gasteiger partial charge in [-0.25, -0.2) is 0 Å². The van der Waals surface area contributed by atoms with Crippen LogP contribution in [0, 0.1) is 0 Å². The lowest BCUT2D eigenvalue weighted by molar-refractivity contribution is -0.352. The van der Waals surface area contributed by atoms with Gasteiger partial charge in [-0.3, -0.25) is 4.79 Å². The topological polar surface area (TPSA) is 297 Å². The van der Waals surface area contributed by atoms with Gasteiger partial charge in [-0.15, -0.1) is 0 Å². The van der Waals surface area contributed by atoms with Crippen molar-refractivity contribution in [1.82, 2.24) is 0 Å². The number of aliphatic hydroxyl groups is 9. The molecule has 0 spiro atoms. The summed E-state index contributed by atoms with van der Waals surface area (Å²) in [5.41, 5.74) is 0.0592. The van der Waals surface area contributed by atoms with E-state index in [-0.39, 0.29) is 34.6 Å². The highest BCUT2D eigenvalue weighted by atomic mass is 16.8. The second-order valence-corrected chi connectivity index (χ2v) is 14.8. The second kappa shape index (κ2) is 17.7. The maximum Gasteiger partial charge on any atom is 0.239 e. The van der Waals surface area contributed by atoms with Crippen molar-refractivity contribution in [3.8, 4) is 34.3 Å². The minimum absolute atomic E-state index is 0.0169. The molecule has 0 radical (unpaired) electrons. The molecule has 2 aromatic carbocycles. The first-order valence-electron chi connectivity index (χ1n) is 18.6. The van der Waals surface area contributed by atoms with Crippen LogP contribution in [0.25, 0.3) is 22.3 Å². The molecule has 3 fully saturated rings. The molecule has 0 unspecified atom stereocenters. The van der Waals surface area contributed by atoms with Crippen molar-refractivity contribution in [2.75, 3.05) is 13.7 Å². The third-order valence-electron chi connectivity index (χ3n) is 10.4. The number of hydrogen-bond acceptors (Lipinski definition) is 19. The van der Waals surface area contributed by atoms with Gasteiger partial charge in [0.05, 0.1) is 25.9 Å². The second-order valence-electron chi connectivity index (χ2n) is 14.8. The largest absolute Gasteiger partial charge is 0.507 e. The Hall–Kier alpha value is -3.93. The molecule has 6 rings (SSSR count). The summed E-state index contributed by atoms with van der Waals surface area (Å²) in [6.45, 7) is 5.71. The molecule has 0 saturated carbocycles. The van der Waals surface area contributed by atoms with Crippen molar-refractivity contribution in [3.05, 3.63) is 57.8 Å². The van der Waals surface area contributed by atoms with Gasteiger partial charge in [0.15, 0.2) is 18.2 Å². The van der Waals surface area contributed by atoms with E-state index >= 15 is 0 Å². The molecule has 0 aliphatic carbocycles. The Morgan fingerprint density at radius 2 is 1.36 bits per heavy atom. The SMILES string of the molecule is COc1ccc(-c2oc3c(CC=C(C)C)c(O[C@H]4O[C@@H](CO)[C@H](O)[C@@H](O)[C@@H]4O)cc(O)c3c(=O)c2O[C@H]2O[C@H](C)[C@@H](O)[C@H](O)[C@@H]2O[C@H]2O[C@H](C)[C@@H](O)[C@H](O)[C@@H]2O)cc1. The summed E-state index contributed by atoms with van der Waals surface area (Å²) in [4.78, 5) is 14.7. The molecule has 3 aliphatic rings. The summed E-state index contributed by atoms with van der Waals surface area (Å²) >= 11 is 0. The zero-order valence-electron chi connectivity index (χ0n) is 32.2. The summed E-state index contributed by atoms with van der Waals surface area (Å²) in [6.07, 6.45) is -22.2. The van der Waals surface area contributed by atoms with Crippen LogP contribution in [0.3, 0.4) is 0 Å². The molecule has 19 nitrogen and oxygen atoms in total. The summed E-state index contributed by atoms with van der Waals surface area (Å²) in [6, 6.07) is 7.27. The van der Waals surface area contributed by atoms with Crippen LogP contribution >= 0.6 is 0 Å². The Morgan fingerprint density at radius 3 is 1.98 bits per heavy atom. The number of benzene rings is 2. The van der Waals surface area contributed by atoms with E-state index in [0.717, 1.165) is 11.6 Å². The van der Waals surface area contributed by atoms with E-state index in [4.69, 9.17) is 37.6 Å².